The highest BCUT2D eigenvalue weighted by Crippen LogP contribution is 2.37. The van der Waals surface area contributed by atoms with E-state index in [0.717, 1.165) is 30.9 Å². The molecule has 3 heterocycles. The number of fused-ring (bicyclic) bond motifs is 2. The normalized spacial score (nSPS) is 16.3. The van der Waals surface area contributed by atoms with Gasteiger partial charge in [-0.1, -0.05) is 13.8 Å². The highest BCUT2D eigenvalue weighted by molar-refractivity contribution is 6.35. The van der Waals surface area contributed by atoms with Gasteiger partial charge in [-0.25, -0.2) is 4.39 Å². The molecule has 0 fully saturated rings. The van der Waals surface area contributed by atoms with Gasteiger partial charge in [-0.3, -0.25) is 14.4 Å². The van der Waals surface area contributed by atoms with E-state index < -0.39 is 5.82 Å². The van der Waals surface area contributed by atoms with Crippen LogP contribution in [-0.4, -0.2) is 65.7 Å². The van der Waals surface area contributed by atoms with E-state index in [2.05, 4.69) is 34.4 Å². The van der Waals surface area contributed by atoms with E-state index in [0.29, 0.717) is 54.0 Å². The van der Waals surface area contributed by atoms with Crippen LogP contribution in [0.3, 0.4) is 0 Å². The van der Waals surface area contributed by atoms with Crippen LogP contribution in [0, 0.1) is 12.7 Å². The second-order valence-electron chi connectivity index (χ2n) is 8.24. The maximum atomic E-state index is 14.4. The zero-order valence-electron chi connectivity index (χ0n) is 19.0. The van der Waals surface area contributed by atoms with Crippen molar-refractivity contribution < 1.29 is 18.8 Å². The summed E-state index contributed by atoms with van der Waals surface area (Å²) in [5.41, 5.74) is 4.07. The lowest BCUT2D eigenvalue weighted by molar-refractivity contribution is -0.110. The number of rotatable bonds is 8. The third-order valence-corrected chi connectivity index (χ3v) is 6.47. The summed E-state index contributed by atoms with van der Waals surface area (Å²) >= 11 is 0. The Morgan fingerprint density at radius 3 is 2.70 bits per heavy atom. The number of hydrogen-bond acceptors (Lipinski definition) is 4. The summed E-state index contributed by atoms with van der Waals surface area (Å²) in [6.45, 7) is 10.1. The van der Waals surface area contributed by atoms with Crippen molar-refractivity contribution in [3.8, 4) is 0 Å². The molecule has 0 saturated heterocycles. The lowest BCUT2D eigenvalue weighted by Gasteiger charge is -2.29. The molecule has 2 aliphatic heterocycles. The van der Waals surface area contributed by atoms with E-state index >= 15 is 0 Å². The lowest BCUT2D eigenvalue weighted by atomic mass is 10.0. The van der Waals surface area contributed by atoms with Crippen molar-refractivity contribution in [3.05, 3.63) is 46.0 Å². The van der Waals surface area contributed by atoms with Gasteiger partial charge in [-0.15, -0.1) is 0 Å². The maximum absolute atomic E-state index is 14.4. The minimum absolute atomic E-state index is 0.00583. The first kappa shape index (κ1) is 22.7. The van der Waals surface area contributed by atoms with Gasteiger partial charge >= 0.3 is 0 Å². The minimum Gasteiger partial charge on any atom is -0.358 e. The number of amides is 3. The van der Waals surface area contributed by atoms with Gasteiger partial charge in [0, 0.05) is 43.0 Å². The number of nitrogens with one attached hydrogen (secondary N) is 3. The molecule has 9 heteroatoms. The zero-order valence-corrected chi connectivity index (χ0v) is 19.0. The smallest absolute Gasteiger partial charge is 0.256 e. The number of benzene rings is 1. The fraction of sp³-hybridized carbons (Fsp3) is 0.375. The van der Waals surface area contributed by atoms with Crippen molar-refractivity contribution in [3.63, 3.8) is 0 Å². The van der Waals surface area contributed by atoms with Crippen LogP contribution in [0.15, 0.2) is 12.1 Å². The predicted octanol–water partition coefficient (Wildman–Crippen LogP) is 2.86. The standard InChI is InChI=1S/C24H28FN5O3/c1-4-29(5-2)8-9-30-7-6-18-22(24(30)33)14(3)19(27-18)11-16-15-10-17(25)21(26-13-31)12-20(15)28-23(16)32/h10-13,27H,4-9H2,1-3H3,(H,26,31)(H,28,32)/b16-11-. The van der Waals surface area contributed by atoms with Gasteiger partial charge in [-0.2, -0.15) is 0 Å². The summed E-state index contributed by atoms with van der Waals surface area (Å²) in [6.07, 6.45) is 2.75. The van der Waals surface area contributed by atoms with E-state index in [1.54, 1.807) is 6.08 Å². The molecular weight excluding hydrogens is 425 g/mol. The number of halogens is 1. The van der Waals surface area contributed by atoms with Gasteiger partial charge in [0.25, 0.3) is 11.8 Å². The van der Waals surface area contributed by atoms with Crippen molar-refractivity contribution in [1.82, 2.24) is 14.8 Å². The second kappa shape index (κ2) is 9.19. The van der Waals surface area contributed by atoms with Crippen LogP contribution in [0.1, 0.15) is 46.7 Å². The van der Waals surface area contributed by atoms with Gasteiger partial charge in [0.2, 0.25) is 6.41 Å². The number of H-pyrrole nitrogens is 1. The SMILES string of the molecule is CCN(CC)CCN1CCc2[nH]c(/C=C3\C(=O)Nc4cc(NC=O)c(F)cc43)c(C)c2C1=O. The van der Waals surface area contributed by atoms with Crippen molar-refractivity contribution in [2.24, 2.45) is 0 Å². The monoisotopic (exact) mass is 453 g/mol. The highest BCUT2D eigenvalue weighted by Gasteiger charge is 2.31. The molecule has 2 aliphatic rings. The zero-order chi connectivity index (χ0) is 23.7. The summed E-state index contributed by atoms with van der Waals surface area (Å²) in [7, 11) is 0. The summed E-state index contributed by atoms with van der Waals surface area (Å²) in [5, 5.41) is 4.99. The number of likely N-dealkylation sites (N-methyl/N-ethyl adjacent to an activating group) is 1. The van der Waals surface area contributed by atoms with Gasteiger partial charge in [0.05, 0.1) is 22.5 Å². The quantitative estimate of drug-likeness (QED) is 0.423. The van der Waals surface area contributed by atoms with E-state index in [1.807, 2.05) is 11.8 Å². The Hall–Kier alpha value is -3.46. The Labute approximate surface area is 191 Å². The van der Waals surface area contributed by atoms with Gasteiger partial charge in [-0.05, 0) is 43.8 Å². The summed E-state index contributed by atoms with van der Waals surface area (Å²) < 4.78 is 14.4. The third kappa shape index (κ3) is 4.16. The Morgan fingerprint density at radius 1 is 1.24 bits per heavy atom. The minimum atomic E-state index is -0.634. The van der Waals surface area contributed by atoms with Crippen LogP contribution in [0.4, 0.5) is 15.8 Å². The van der Waals surface area contributed by atoms with Crippen LogP contribution >= 0.6 is 0 Å². The topological polar surface area (TPSA) is 97.5 Å². The maximum Gasteiger partial charge on any atom is 0.256 e. The number of nitrogens with zero attached hydrogens (tertiary/aromatic N) is 2. The fourth-order valence-electron chi connectivity index (χ4n) is 4.50. The summed E-state index contributed by atoms with van der Waals surface area (Å²) in [4.78, 5) is 43.9. The van der Waals surface area contributed by atoms with Crippen molar-refractivity contribution in [2.45, 2.75) is 27.2 Å². The molecule has 0 unspecified atom stereocenters. The first-order valence-corrected chi connectivity index (χ1v) is 11.2. The first-order valence-electron chi connectivity index (χ1n) is 11.2. The first-order chi connectivity index (χ1) is 15.9. The average molecular weight is 454 g/mol. The largest absolute Gasteiger partial charge is 0.358 e. The van der Waals surface area contributed by atoms with Gasteiger partial charge in [0.15, 0.2) is 0 Å². The molecule has 0 saturated carbocycles. The van der Waals surface area contributed by atoms with E-state index in [1.165, 1.54) is 12.1 Å². The fourth-order valence-corrected chi connectivity index (χ4v) is 4.50. The summed E-state index contributed by atoms with van der Waals surface area (Å²) in [5.74, 6) is -1.01. The number of carbonyl (C=O) groups is 3. The molecule has 3 amide bonds. The van der Waals surface area contributed by atoms with Crippen LogP contribution < -0.4 is 10.6 Å². The molecular formula is C24H28FN5O3. The van der Waals surface area contributed by atoms with Crippen molar-refractivity contribution in [2.75, 3.05) is 43.4 Å². The molecule has 0 aliphatic carbocycles. The number of anilines is 2. The van der Waals surface area contributed by atoms with Gasteiger partial charge < -0.3 is 25.4 Å². The molecule has 33 heavy (non-hydrogen) atoms. The Kier molecular flexibility index (Phi) is 6.33. The molecule has 0 spiro atoms. The molecule has 174 valence electrons. The molecule has 1 aromatic carbocycles. The number of hydrogen-bond donors (Lipinski definition) is 3. The van der Waals surface area contributed by atoms with Crippen molar-refractivity contribution in [1.29, 1.82) is 0 Å². The van der Waals surface area contributed by atoms with E-state index in [-0.39, 0.29) is 17.5 Å². The number of carbonyl (C=O) groups excluding carboxylic acids is 3. The second-order valence-corrected chi connectivity index (χ2v) is 8.24. The molecule has 1 aromatic heterocycles. The van der Waals surface area contributed by atoms with Crippen LogP contribution in [-0.2, 0) is 16.0 Å². The molecule has 0 radical (unpaired) electrons. The highest BCUT2D eigenvalue weighted by atomic mass is 19.1. The van der Waals surface area contributed by atoms with Crippen LogP contribution in [0.2, 0.25) is 0 Å². The molecule has 4 rings (SSSR count). The molecule has 0 atom stereocenters. The number of aromatic amines is 1. The molecule has 3 N–H and O–H groups in total. The van der Waals surface area contributed by atoms with Crippen LogP contribution in [0.25, 0.3) is 11.6 Å². The molecule has 2 aromatic rings. The van der Waals surface area contributed by atoms with E-state index in [9.17, 15) is 18.8 Å². The third-order valence-electron chi connectivity index (χ3n) is 6.47. The molecule has 8 nitrogen and oxygen atoms in total. The van der Waals surface area contributed by atoms with E-state index in [4.69, 9.17) is 0 Å². The predicted molar refractivity (Wildman–Crippen MR) is 126 cm³/mol. The molecule has 0 bridgehead atoms. The Balaban J connectivity index is 1.63. The van der Waals surface area contributed by atoms with Gasteiger partial charge in [0.1, 0.15) is 5.82 Å². The van der Waals surface area contributed by atoms with Crippen LogP contribution in [0.5, 0.6) is 0 Å². The number of aromatic nitrogens is 1. The summed E-state index contributed by atoms with van der Waals surface area (Å²) in [6, 6.07) is 2.62. The Bertz CT molecular complexity index is 1150. The lowest BCUT2D eigenvalue weighted by Crippen LogP contribution is -2.42. The van der Waals surface area contributed by atoms with Crippen molar-refractivity contribution >= 4 is 41.2 Å². The Morgan fingerprint density at radius 2 is 2.00 bits per heavy atom. The average Bonchev–Trinajstić information content (AvgIpc) is 3.27.